The van der Waals surface area contributed by atoms with Crippen LogP contribution in [0.5, 0.6) is 0 Å². The first-order valence-electron chi connectivity index (χ1n) is 27.2. The van der Waals surface area contributed by atoms with E-state index in [2.05, 4.69) is 43.5 Å². The lowest BCUT2D eigenvalue weighted by Crippen LogP contribution is -2.53. The van der Waals surface area contributed by atoms with E-state index in [4.69, 9.17) is 0 Å². The van der Waals surface area contributed by atoms with Crippen molar-refractivity contribution in [2.75, 3.05) is 6.61 Å². The van der Waals surface area contributed by atoms with Gasteiger partial charge in [-0.3, -0.25) is 4.79 Å². The summed E-state index contributed by atoms with van der Waals surface area (Å²) in [6, 6.07) is -0.999. The summed E-state index contributed by atoms with van der Waals surface area (Å²) < 4.78 is 0. The third-order valence-corrected chi connectivity index (χ3v) is 12.9. The molecule has 0 aliphatic carbocycles. The number of allylic oxidation sites excluding steroid dienone is 4. The van der Waals surface area contributed by atoms with Crippen LogP contribution in [-0.4, -0.2) is 57.3 Å². The summed E-state index contributed by atoms with van der Waals surface area (Å²) in [5, 5.41) is 43.8. The van der Waals surface area contributed by atoms with Gasteiger partial charge in [0.25, 0.3) is 0 Å². The maximum atomic E-state index is 12.6. The average Bonchev–Trinajstić information content (AvgIpc) is 3.26. The lowest BCUT2D eigenvalue weighted by molar-refractivity contribution is -0.132. The van der Waals surface area contributed by atoms with Gasteiger partial charge in [0.15, 0.2) is 0 Å². The maximum absolute atomic E-state index is 12.6. The molecular formula is C55H107NO5. The van der Waals surface area contributed by atoms with Crippen molar-refractivity contribution in [3.63, 3.8) is 0 Å². The maximum Gasteiger partial charge on any atom is 0.249 e. The van der Waals surface area contributed by atoms with E-state index < -0.39 is 36.9 Å². The Balaban J connectivity index is 3.57. The average molecular weight is 862 g/mol. The normalized spacial score (nSPS) is 14.0. The topological polar surface area (TPSA) is 110 Å². The van der Waals surface area contributed by atoms with E-state index in [0.717, 1.165) is 38.5 Å². The van der Waals surface area contributed by atoms with Crippen LogP contribution in [0.3, 0.4) is 0 Å². The molecule has 4 atom stereocenters. The van der Waals surface area contributed by atoms with Crippen molar-refractivity contribution in [2.24, 2.45) is 0 Å². The molecule has 362 valence electrons. The van der Waals surface area contributed by atoms with E-state index in [1.807, 2.05) is 0 Å². The summed E-state index contributed by atoms with van der Waals surface area (Å²) in [6.07, 6.45) is 59.7. The highest BCUT2D eigenvalue weighted by Gasteiger charge is 2.28. The Hall–Kier alpha value is -1.21. The Morgan fingerprint density at radius 3 is 0.984 bits per heavy atom. The van der Waals surface area contributed by atoms with Gasteiger partial charge in [0.1, 0.15) is 12.2 Å². The minimum Gasteiger partial charge on any atom is -0.394 e. The molecule has 4 unspecified atom stereocenters. The number of hydrogen-bond acceptors (Lipinski definition) is 5. The number of rotatable bonds is 50. The summed E-state index contributed by atoms with van der Waals surface area (Å²) in [7, 11) is 0. The van der Waals surface area contributed by atoms with Crippen molar-refractivity contribution in [1.29, 1.82) is 0 Å². The van der Waals surface area contributed by atoms with Gasteiger partial charge < -0.3 is 25.7 Å². The van der Waals surface area contributed by atoms with Gasteiger partial charge in [0.05, 0.1) is 18.8 Å². The van der Waals surface area contributed by atoms with Gasteiger partial charge in [-0.15, -0.1) is 0 Å². The molecule has 5 N–H and O–H groups in total. The van der Waals surface area contributed by atoms with Gasteiger partial charge in [-0.25, -0.2) is 0 Å². The number of aliphatic hydroxyl groups excluding tert-OH is 4. The molecule has 6 nitrogen and oxygen atoms in total. The highest BCUT2D eigenvalue weighted by atomic mass is 16.3. The molecule has 0 aliphatic rings. The predicted octanol–water partition coefficient (Wildman–Crippen LogP) is 15.5. The summed E-state index contributed by atoms with van der Waals surface area (Å²) >= 11 is 0. The van der Waals surface area contributed by atoms with Crippen molar-refractivity contribution in [3.8, 4) is 0 Å². The highest BCUT2D eigenvalue weighted by Crippen LogP contribution is 2.17. The van der Waals surface area contributed by atoms with Crippen LogP contribution in [0.2, 0.25) is 0 Å². The van der Waals surface area contributed by atoms with Gasteiger partial charge in [-0.05, 0) is 64.2 Å². The molecule has 0 saturated carbocycles. The summed E-state index contributed by atoms with van der Waals surface area (Å²) in [5.74, 6) is -0.590. The molecular weight excluding hydrogens is 755 g/mol. The molecule has 0 bridgehead atoms. The fourth-order valence-corrected chi connectivity index (χ4v) is 8.58. The van der Waals surface area contributed by atoms with E-state index in [1.165, 1.54) is 225 Å². The Kier molecular flexibility index (Phi) is 48.8. The number of carbonyl (C=O) groups excluding carboxylic acids is 1. The van der Waals surface area contributed by atoms with Crippen LogP contribution in [0.15, 0.2) is 24.3 Å². The second-order valence-corrected chi connectivity index (χ2v) is 18.9. The van der Waals surface area contributed by atoms with E-state index in [9.17, 15) is 25.2 Å². The van der Waals surface area contributed by atoms with E-state index >= 15 is 0 Å². The summed E-state index contributed by atoms with van der Waals surface area (Å²) in [6.45, 7) is 4.05. The van der Waals surface area contributed by atoms with E-state index in [0.29, 0.717) is 12.8 Å². The molecule has 0 aromatic heterocycles. The van der Waals surface area contributed by atoms with Crippen LogP contribution in [-0.2, 0) is 4.79 Å². The van der Waals surface area contributed by atoms with Crippen molar-refractivity contribution in [3.05, 3.63) is 24.3 Å². The van der Waals surface area contributed by atoms with Crippen LogP contribution in [0, 0.1) is 0 Å². The van der Waals surface area contributed by atoms with Crippen molar-refractivity contribution in [1.82, 2.24) is 5.32 Å². The van der Waals surface area contributed by atoms with Crippen LogP contribution >= 0.6 is 0 Å². The minimum atomic E-state index is -1.28. The molecule has 0 spiro atoms. The Morgan fingerprint density at radius 2 is 0.672 bits per heavy atom. The number of hydrogen-bond donors (Lipinski definition) is 5. The fourth-order valence-electron chi connectivity index (χ4n) is 8.58. The predicted molar refractivity (Wildman–Crippen MR) is 265 cm³/mol. The number of nitrogens with one attached hydrogen (secondary N) is 1. The zero-order chi connectivity index (χ0) is 44.5. The number of amides is 1. The first-order valence-corrected chi connectivity index (χ1v) is 27.2. The number of aliphatic hydroxyl groups is 4. The zero-order valence-electron chi connectivity index (χ0n) is 40.9. The first-order chi connectivity index (χ1) is 30.0. The monoisotopic (exact) mass is 862 g/mol. The molecule has 0 radical (unpaired) electrons. The summed E-state index contributed by atoms with van der Waals surface area (Å²) in [5.41, 5.74) is 0. The zero-order valence-corrected chi connectivity index (χ0v) is 40.9. The molecule has 0 aromatic rings. The van der Waals surface area contributed by atoms with Gasteiger partial charge in [0, 0.05) is 0 Å². The molecule has 0 fully saturated rings. The van der Waals surface area contributed by atoms with Gasteiger partial charge in [0.2, 0.25) is 5.91 Å². The van der Waals surface area contributed by atoms with Gasteiger partial charge >= 0.3 is 0 Å². The molecule has 0 aliphatic heterocycles. The molecule has 61 heavy (non-hydrogen) atoms. The molecule has 0 heterocycles. The first kappa shape index (κ1) is 59.8. The van der Waals surface area contributed by atoms with E-state index in [-0.39, 0.29) is 0 Å². The van der Waals surface area contributed by atoms with Crippen molar-refractivity contribution < 1.29 is 25.2 Å². The number of unbranched alkanes of at least 4 members (excludes halogenated alkanes) is 37. The largest absolute Gasteiger partial charge is 0.394 e. The number of carbonyl (C=O) groups is 1. The molecule has 6 heteroatoms. The second kappa shape index (κ2) is 49.8. The third kappa shape index (κ3) is 43.8. The molecule has 1 amide bonds. The highest BCUT2D eigenvalue weighted by molar-refractivity contribution is 5.80. The second-order valence-electron chi connectivity index (χ2n) is 18.9. The van der Waals surface area contributed by atoms with Crippen LogP contribution in [0.25, 0.3) is 0 Å². The lowest BCUT2D eigenvalue weighted by atomic mass is 10.00. The SMILES string of the molecule is CCCCCCCCCC/C=C/CCCC(O)C(O)C(CO)NC(=O)C(O)CCCCCCCCCCCCCCCCCC/C=C\CCCCCCCCCCCCCC. The molecule has 0 rings (SSSR count). The Morgan fingerprint density at radius 1 is 0.393 bits per heavy atom. The third-order valence-electron chi connectivity index (χ3n) is 12.9. The van der Waals surface area contributed by atoms with Crippen LogP contribution in [0.1, 0.15) is 290 Å². The standard InChI is InChI=1S/C55H107NO5/c1-3-5-7-9-11-13-15-17-18-19-20-21-22-23-24-25-26-27-28-29-30-31-32-33-34-35-37-39-41-43-45-47-49-53(59)55(61)56-51(50-57)54(60)52(58)48-46-44-42-40-38-36-16-14-12-10-8-6-4-2/h23-24,40,42,51-54,57-60H,3-22,25-39,41,43-50H2,1-2H3,(H,56,61)/b24-23-,42-40+. The van der Waals surface area contributed by atoms with Gasteiger partial charge in [-0.1, -0.05) is 250 Å². The molecule has 0 saturated heterocycles. The smallest absolute Gasteiger partial charge is 0.249 e. The quantitative estimate of drug-likeness (QED) is 0.0309. The van der Waals surface area contributed by atoms with E-state index in [1.54, 1.807) is 0 Å². The van der Waals surface area contributed by atoms with Crippen LogP contribution < -0.4 is 5.32 Å². The van der Waals surface area contributed by atoms with Crippen LogP contribution in [0.4, 0.5) is 0 Å². The Labute approximate surface area is 380 Å². The van der Waals surface area contributed by atoms with Crippen molar-refractivity contribution >= 4 is 5.91 Å². The fraction of sp³-hybridized carbons (Fsp3) is 0.909. The van der Waals surface area contributed by atoms with Crippen molar-refractivity contribution in [2.45, 2.75) is 314 Å². The minimum absolute atomic E-state index is 0.366. The van der Waals surface area contributed by atoms with Gasteiger partial charge in [-0.2, -0.15) is 0 Å². The summed E-state index contributed by atoms with van der Waals surface area (Å²) in [4.78, 5) is 12.6. The molecule has 0 aromatic carbocycles. The Bertz CT molecular complexity index is 924. The lowest BCUT2D eigenvalue weighted by Gasteiger charge is -2.27.